The third-order valence-electron chi connectivity index (χ3n) is 8.20. The number of carboxylic acids is 1. The van der Waals surface area contributed by atoms with Crippen LogP contribution in [0.25, 0.3) is 16.9 Å². The Morgan fingerprint density at radius 2 is 2.03 bits per heavy atom. The molecule has 3 saturated heterocycles. The van der Waals surface area contributed by atoms with E-state index in [2.05, 4.69) is 15.5 Å². The lowest BCUT2D eigenvalue weighted by Crippen LogP contribution is -2.33. The van der Waals surface area contributed by atoms with Crippen LogP contribution in [-0.2, 0) is 11.3 Å². The van der Waals surface area contributed by atoms with Crippen LogP contribution in [0.3, 0.4) is 0 Å². The normalized spacial score (nSPS) is 25.8. The number of likely N-dealkylation sites (tertiary alicyclic amines) is 1. The molecule has 1 aromatic heterocycles. The summed E-state index contributed by atoms with van der Waals surface area (Å²) in [5, 5.41) is 9.56. The quantitative estimate of drug-likeness (QED) is 0.481. The first-order chi connectivity index (χ1) is 18.1. The van der Waals surface area contributed by atoms with E-state index in [9.17, 15) is 14.3 Å². The molecular weight excluding hydrogens is 489 g/mol. The summed E-state index contributed by atoms with van der Waals surface area (Å²) in [5.74, 6) is 0.924. The van der Waals surface area contributed by atoms with E-state index in [1.165, 1.54) is 6.08 Å². The van der Waals surface area contributed by atoms with Gasteiger partial charge in [-0.3, -0.25) is 4.90 Å². The molecule has 0 amide bonds. The van der Waals surface area contributed by atoms with E-state index < -0.39 is 5.97 Å². The average Bonchev–Trinajstić information content (AvgIpc) is 3.54. The number of nitrogens with zero attached hydrogens (tertiary/aromatic N) is 3. The number of benzene rings is 2. The van der Waals surface area contributed by atoms with Gasteiger partial charge in [-0.2, -0.15) is 0 Å². The van der Waals surface area contributed by atoms with Gasteiger partial charge in [0.15, 0.2) is 0 Å². The number of fused-ring (bicyclic) bond motifs is 2. The zero-order valence-electron chi connectivity index (χ0n) is 20.4. The van der Waals surface area contributed by atoms with Crippen LogP contribution in [0, 0.1) is 0 Å². The van der Waals surface area contributed by atoms with Crippen LogP contribution in [-0.4, -0.2) is 67.5 Å². The Morgan fingerprint density at radius 1 is 1.19 bits per heavy atom. The summed E-state index contributed by atoms with van der Waals surface area (Å²) < 4.78 is 28.3. The van der Waals surface area contributed by atoms with Crippen LogP contribution in [0.1, 0.15) is 58.2 Å². The van der Waals surface area contributed by atoms with Crippen molar-refractivity contribution in [2.45, 2.75) is 49.0 Å². The highest BCUT2D eigenvalue weighted by atomic mass is 28.2. The van der Waals surface area contributed by atoms with Gasteiger partial charge >= 0.3 is 5.97 Å². The molecule has 4 aliphatic rings. The number of piperidine rings is 1. The van der Waals surface area contributed by atoms with Crippen molar-refractivity contribution >= 4 is 32.3 Å². The first-order valence-corrected chi connectivity index (χ1v) is 14.2. The SMILES string of the molecule is O=C(O)c1ccc2nc(CN3CCC(c4cccc5c4OCC=C5F)CC3)n(C3[Si]C3[C@@H]3CCO3)c2c1. The molecule has 37 heavy (non-hydrogen) atoms. The van der Waals surface area contributed by atoms with Gasteiger partial charge in [-0.15, -0.1) is 0 Å². The third-order valence-corrected chi connectivity index (χ3v) is 9.85. The second kappa shape index (κ2) is 9.07. The molecule has 2 radical (unpaired) electrons. The van der Waals surface area contributed by atoms with Crippen LogP contribution in [0.4, 0.5) is 4.39 Å². The highest BCUT2D eigenvalue weighted by Crippen LogP contribution is 2.49. The fourth-order valence-electron chi connectivity index (χ4n) is 6.06. The Kier molecular flexibility index (Phi) is 5.67. The summed E-state index contributed by atoms with van der Waals surface area (Å²) in [6, 6.07) is 11.0. The number of halogens is 1. The van der Waals surface area contributed by atoms with E-state index in [0.29, 0.717) is 40.1 Å². The second-order valence-corrected chi connectivity index (χ2v) is 12.0. The first kappa shape index (κ1) is 23.1. The second-order valence-electron chi connectivity index (χ2n) is 10.4. The van der Waals surface area contributed by atoms with Crippen molar-refractivity contribution in [2.75, 3.05) is 26.3 Å². The van der Waals surface area contributed by atoms with Gasteiger partial charge in [0.25, 0.3) is 0 Å². The van der Waals surface area contributed by atoms with Crippen molar-refractivity contribution < 1.29 is 23.8 Å². The van der Waals surface area contributed by atoms with Crippen LogP contribution in [0.15, 0.2) is 42.5 Å². The van der Waals surface area contributed by atoms with Crippen molar-refractivity contribution in [1.82, 2.24) is 14.5 Å². The minimum atomic E-state index is -0.919. The maximum atomic E-state index is 14.3. The zero-order chi connectivity index (χ0) is 25.1. The molecular formula is C28H28FN3O4Si. The molecule has 0 spiro atoms. The lowest BCUT2D eigenvalue weighted by molar-refractivity contribution is -0.0494. The van der Waals surface area contributed by atoms with E-state index >= 15 is 0 Å². The van der Waals surface area contributed by atoms with E-state index in [0.717, 1.165) is 77.4 Å². The Morgan fingerprint density at radius 3 is 2.78 bits per heavy atom. The Labute approximate surface area is 216 Å². The standard InChI is InChI=1S/C28H28FN3O4Si/c29-20-8-12-36-25-18(2-1-3-19(20)25)16-6-10-31(11-7-16)15-24-30-21-5-4-17(28(33)34)14-22(21)32(24)27-26(37-27)23-9-13-35-23/h1-5,8,14,16,23,26-27H,6-7,9-13,15H2,(H,33,34)/t23-,26?,27?/m0/s1. The number of hydrogen-bond acceptors (Lipinski definition) is 5. The van der Waals surface area contributed by atoms with Crippen molar-refractivity contribution in [2.24, 2.45) is 0 Å². The molecule has 3 atom stereocenters. The number of hydrogen-bond donors (Lipinski definition) is 1. The summed E-state index contributed by atoms with van der Waals surface area (Å²) in [4.78, 5) is 19.1. The molecule has 3 aromatic rings. The molecule has 0 saturated carbocycles. The number of ether oxygens (including phenoxy) is 2. The van der Waals surface area contributed by atoms with Gasteiger partial charge in [-0.05, 0) is 79.7 Å². The van der Waals surface area contributed by atoms with Crippen molar-refractivity contribution in [3.05, 3.63) is 65.0 Å². The highest BCUT2D eigenvalue weighted by Gasteiger charge is 2.49. The summed E-state index contributed by atoms with van der Waals surface area (Å²) in [5.41, 5.74) is 4.56. The first-order valence-electron chi connectivity index (χ1n) is 13.0. The number of carboxylic acid groups (broad SMARTS) is 1. The van der Waals surface area contributed by atoms with E-state index in [1.807, 2.05) is 12.1 Å². The highest BCUT2D eigenvalue weighted by molar-refractivity contribution is 6.53. The molecule has 190 valence electrons. The molecule has 7 nitrogen and oxygen atoms in total. The Balaban J connectivity index is 1.12. The van der Waals surface area contributed by atoms with Gasteiger partial charge in [0.2, 0.25) is 0 Å². The summed E-state index contributed by atoms with van der Waals surface area (Å²) >= 11 is 0. The smallest absolute Gasteiger partial charge is 0.335 e. The van der Waals surface area contributed by atoms with Crippen molar-refractivity contribution in [1.29, 1.82) is 0 Å². The van der Waals surface area contributed by atoms with Crippen LogP contribution >= 0.6 is 0 Å². The lowest BCUT2D eigenvalue weighted by atomic mass is 9.87. The summed E-state index contributed by atoms with van der Waals surface area (Å²) in [6.45, 7) is 3.68. The Hall–Kier alpha value is -3.01. The van der Waals surface area contributed by atoms with Crippen LogP contribution in [0.2, 0.25) is 5.54 Å². The number of imidazole rings is 1. The predicted molar refractivity (Wildman–Crippen MR) is 138 cm³/mol. The summed E-state index contributed by atoms with van der Waals surface area (Å²) in [6.07, 6.45) is 4.86. The molecule has 3 fully saturated rings. The maximum Gasteiger partial charge on any atom is 0.335 e. The monoisotopic (exact) mass is 517 g/mol. The maximum absolute atomic E-state index is 14.3. The van der Waals surface area contributed by atoms with Crippen LogP contribution < -0.4 is 4.74 Å². The topological polar surface area (TPSA) is 76.8 Å². The van der Waals surface area contributed by atoms with Gasteiger partial charge in [0.05, 0.1) is 44.3 Å². The molecule has 1 N–H and O–H groups in total. The predicted octanol–water partition coefficient (Wildman–Crippen LogP) is 4.61. The van der Waals surface area contributed by atoms with Crippen LogP contribution in [0.5, 0.6) is 5.75 Å². The molecule has 7 rings (SSSR count). The number of para-hydroxylation sites is 1. The van der Waals surface area contributed by atoms with Gasteiger partial charge in [-0.25, -0.2) is 14.2 Å². The number of aromatic nitrogens is 2. The van der Waals surface area contributed by atoms with Crippen molar-refractivity contribution in [3.8, 4) is 5.75 Å². The van der Waals surface area contributed by atoms with E-state index in [-0.39, 0.29) is 12.4 Å². The van der Waals surface area contributed by atoms with Gasteiger partial charge in [0.1, 0.15) is 24.0 Å². The molecule has 9 heteroatoms. The number of rotatable bonds is 6. The van der Waals surface area contributed by atoms with Gasteiger partial charge in [-0.1, -0.05) is 12.1 Å². The van der Waals surface area contributed by atoms with Gasteiger partial charge < -0.3 is 19.1 Å². The average molecular weight is 518 g/mol. The zero-order valence-corrected chi connectivity index (χ0v) is 21.4. The fraction of sp³-hybridized carbons (Fsp3) is 0.429. The van der Waals surface area contributed by atoms with E-state index in [4.69, 9.17) is 14.5 Å². The van der Waals surface area contributed by atoms with E-state index in [1.54, 1.807) is 18.2 Å². The fourth-order valence-corrected chi connectivity index (χ4v) is 7.62. The minimum Gasteiger partial charge on any atom is -0.488 e. The number of carbonyl (C=O) groups is 1. The minimum absolute atomic E-state index is 0.197. The molecule has 0 aliphatic carbocycles. The molecule has 4 aliphatic heterocycles. The Bertz CT molecular complexity index is 1410. The third kappa shape index (κ3) is 4.09. The van der Waals surface area contributed by atoms with Crippen molar-refractivity contribution in [3.63, 3.8) is 0 Å². The number of aromatic carboxylic acids is 1. The largest absolute Gasteiger partial charge is 0.488 e. The van der Waals surface area contributed by atoms with Gasteiger partial charge in [0, 0.05) is 12.3 Å². The molecule has 2 unspecified atom stereocenters. The lowest BCUT2D eigenvalue weighted by Gasteiger charge is -2.33. The summed E-state index contributed by atoms with van der Waals surface area (Å²) in [7, 11) is 0.772. The molecule has 0 bridgehead atoms. The molecule has 5 heterocycles. The molecule has 2 aromatic carbocycles.